The molecule has 0 aromatic heterocycles. The number of hydrogen-bond donors (Lipinski definition) is 3. The highest BCUT2D eigenvalue weighted by Crippen LogP contribution is 2.02. The number of carbonyl (C=O) groups is 3. The minimum Gasteiger partial charge on any atom is -0.476 e. The van der Waals surface area contributed by atoms with E-state index in [0.29, 0.717) is 0 Å². The van der Waals surface area contributed by atoms with Crippen LogP contribution < -0.4 is 5.32 Å². The van der Waals surface area contributed by atoms with Crippen LogP contribution in [0.3, 0.4) is 0 Å². The Bertz CT molecular complexity index is 570. The Morgan fingerprint density at radius 2 is 1.91 bits per heavy atom. The number of carboxylic acids is 1. The summed E-state index contributed by atoms with van der Waals surface area (Å²) in [6.45, 7) is 1.57. The molecule has 1 unspecified atom stereocenters. The molecule has 3 N–H and O–H groups in total. The van der Waals surface area contributed by atoms with Crippen LogP contribution >= 0.6 is 0 Å². The van der Waals surface area contributed by atoms with Crippen molar-refractivity contribution in [2.75, 3.05) is 0 Å². The van der Waals surface area contributed by atoms with Gasteiger partial charge in [0.15, 0.2) is 5.78 Å². The fraction of sp³-hybridized carbons (Fsp3) is 0.286. The first-order chi connectivity index (χ1) is 10.4. The van der Waals surface area contributed by atoms with E-state index in [1.165, 1.54) is 6.92 Å². The number of rotatable bonds is 7. The number of Topliss-reactive ketones (excluding diaryl/α,β-unsaturated/α-hetero) is 1. The third kappa shape index (κ3) is 5.61. The molecule has 0 saturated carbocycles. The molecule has 8 nitrogen and oxygen atoms in total. The summed E-state index contributed by atoms with van der Waals surface area (Å²) < 4.78 is 4.96. The summed E-state index contributed by atoms with van der Waals surface area (Å²) in [6.07, 6.45) is -1.06. The SMILES string of the molecule is CC(CC(=O)C(=NO)C(=O)O)NC(=O)OCc1ccccc1. The van der Waals surface area contributed by atoms with Crippen molar-refractivity contribution in [3.63, 3.8) is 0 Å². The monoisotopic (exact) mass is 308 g/mol. The van der Waals surface area contributed by atoms with Crippen LogP contribution in [0.5, 0.6) is 0 Å². The summed E-state index contributed by atoms with van der Waals surface area (Å²) in [5.74, 6) is -2.53. The number of nitrogens with zero attached hydrogens (tertiary/aromatic N) is 1. The van der Waals surface area contributed by atoms with Gasteiger partial charge in [0, 0.05) is 12.5 Å². The quantitative estimate of drug-likeness (QED) is 0.300. The molecule has 1 rings (SSSR count). The number of hydrogen-bond acceptors (Lipinski definition) is 6. The molecule has 0 bridgehead atoms. The number of carbonyl (C=O) groups excluding carboxylic acids is 2. The van der Waals surface area contributed by atoms with E-state index in [0.717, 1.165) is 5.56 Å². The second-order valence-electron chi connectivity index (χ2n) is 4.49. The highest BCUT2D eigenvalue weighted by molar-refractivity contribution is 6.63. The number of alkyl carbamates (subject to hydrolysis) is 1. The number of benzene rings is 1. The van der Waals surface area contributed by atoms with Crippen molar-refractivity contribution < 1.29 is 29.4 Å². The van der Waals surface area contributed by atoms with Crippen LogP contribution in [0.15, 0.2) is 35.5 Å². The second-order valence-corrected chi connectivity index (χ2v) is 4.49. The van der Waals surface area contributed by atoms with E-state index in [1.54, 1.807) is 24.3 Å². The van der Waals surface area contributed by atoms with Gasteiger partial charge in [-0.3, -0.25) is 4.79 Å². The van der Waals surface area contributed by atoms with E-state index in [1.807, 2.05) is 6.07 Å². The summed E-state index contributed by atoms with van der Waals surface area (Å²) >= 11 is 0. The number of ketones is 1. The van der Waals surface area contributed by atoms with E-state index in [9.17, 15) is 14.4 Å². The molecule has 0 aliphatic rings. The number of oxime groups is 1. The number of aliphatic carboxylic acids is 1. The molecule has 1 aromatic carbocycles. The van der Waals surface area contributed by atoms with Crippen molar-refractivity contribution in [2.24, 2.45) is 5.16 Å². The van der Waals surface area contributed by atoms with Gasteiger partial charge in [0.2, 0.25) is 5.71 Å². The Hall–Kier alpha value is -2.90. The summed E-state index contributed by atoms with van der Waals surface area (Å²) in [6, 6.07) is 8.35. The highest BCUT2D eigenvalue weighted by atomic mass is 16.5. The van der Waals surface area contributed by atoms with Gasteiger partial charge in [-0.2, -0.15) is 0 Å². The first kappa shape index (κ1) is 17.2. The second kappa shape index (κ2) is 8.40. The smallest absolute Gasteiger partial charge is 0.407 e. The third-order valence-corrected chi connectivity index (χ3v) is 2.64. The van der Waals surface area contributed by atoms with Gasteiger partial charge in [-0.1, -0.05) is 35.5 Å². The zero-order valence-corrected chi connectivity index (χ0v) is 11.9. The van der Waals surface area contributed by atoms with E-state index < -0.39 is 29.6 Å². The Labute approximate surface area is 126 Å². The summed E-state index contributed by atoms with van der Waals surface area (Å²) in [4.78, 5) is 33.7. The van der Waals surface area contributed by atoms with Crippen molar-refractivity contribution >= 4 is 23.6 Å². The molecule has 0 aliphatic carbocycles. The van der Waals surface area contributed by atoms with Crippen molar-refractivity contribution in [3.05, 3.63) is 35.9 Å². The van der Waals surface area contributed by atoms with Gasteiger partial charge in [-0.05, 0) is 12.5 Å². The molecular weight excluding hydrogens is 292 g/mol. The Balaban J connectivity index is 2.41. The lowest BCUT2D eigenvalue weighted by atomic mass is 10.1. The predicted octanol–water partition coefficient (Wildman–Crippen LogP) is 1.18. The molecule has 8 heteroatoms. The van der Waals surface area contributed by atoms with E-state index in [2.05, 4.69) is 10.5 Å². The van der Waals surface area contributed by atoms with Gasteiger partial charge >= 0.3 is 12.1 Å². The van der Waals surface area contributed by atoms with Gasteiger partial charge in [0.05, 0.1) is 0 Å². The zero-order chi connectivity index (χ0) is 16.5. The van der Waals surface area contributed by atoms with Crippen LogP contribution in [0.25, 0.3) is 0 Å². The van der Waals surface area contributed by atoms with Crippen molar-refractivity contribution in [3.8, 4) is 0 Å². The fourth-order valence-corrected chi connectivity index (χ4v) is 1.61. The van der Waals surface area contributed by atoms with Crippen molar-refractivity contribution in [1.29, 1.82) is 0 Å². The summed E-state index contributed by atoms with van der Waals surface area (Å²) in [7, 11) is 0. The summed E-state index contributed by atoms with van der Waals surface area (Å²) in [5, 5.41) is 21.9. The van der Waals surface area contributed by atoms with Crippen LogP contribution in [-0.2, 0) is 20.9 Å². The molecule has 118 valence electrons. The standard InChI is InChI=1S/C14H16N2O6/c1-9(7-11(17)12(16-21)13(18)19)15-14(20)22-8-10-5-3-2-4-6-10/h2-6,9,21H,7-8H2,1H3,(H,15,20)(H,18,19). The highest BCUT2D eigenvalue weighted by Gasteiger charge is 2.23. The molecule has 0 aliphatic heterocycles. The average molecular weight is 308 g/mol. The maximum atomic E-state index is 11.5. The first-order valence-corrected chi connectivity index (χ1v) is 6.39. The molecule has 0 radical (unpaired) electrons. The molecule has 0 heterocycles. The Morgan fingerprint density at radius 1 is 1.27 bits per heavy atom. The maximum Gasteiger partial charge on any atom is 0.407 e. The molecule has 1 aromatic rings. The topological polar surface area (TPSA) is 125 Å². The number of amides is 1. The Morgan fingerprint density at radius 3 is 2.45 bits per heavy atom. The fourth-order valence-electron chi connectivity index (χ4n) is 1.61. The minimum absolute atomic E-state index is 0.0752. The molecule has 1 amide bonds. The van der Waals surface area contributed by atoms with Crippen LogP contribution in [0.1, 0.15) is 18.9 Å². The van der Waals surface area contributed by atoms with Crippen molar-refractivity contribution in [1.82, 2.24) is 5.32 Å². The van der Waals surface area contributed by atoms with E-state index in [4.69, 9.17) is 15.1 Å². The molecule has 0 spiro atoms. The molecule has 0 saturated heterocycles. The third-order valence-electron chi connectivity index (χ3n) is 2.64. The van der Waals surface area contributed by atoms with Gasteiger partial charge in [-0.25, -0.2) is 9.59 Å². The van der Waals surface area contributed by atoms with Crippen LogP contribution in [0.2, 0.25) is 0 Å². The number of nitrogens with one attached hydrogen (secondary N) is 1. The molecule has 1 atom stereocenters. The van der Waals surface area contributed by atoms with Gasteiger partial charge < -0.3 is 20.4 Å². The molecular formula is C14H16N2O6. The normalized spacial score (nSPS) is 12.3. The maximum absolute atomic E-state index is 11.5. The molecule has 22 heavy (non-hydrogen) atoms. The zero-order valence-electron chi connectivity index (χ0n) is 11.9. The van der Waals surface area contributed by atoms with E-state index >= 15 is 0 Å². The predicted molar refractivity (Wildman–Crippen MR) is 75.7 cm³/mol. The van der Waals surface area contributed by atoms with Gasteiger partial charge in [-0.15, -0.1) is 0 Å². The van der Waals surface area contributed by atoms with Crippen LogP contribution in [0.4, 0.5) is 4.79 Å². The van der Waals surface area contributed by atoms with Crippen molar-refractivity contribution in [2.45, 2.75) is 26.0 Å². The number of carboxylic acid groups (broad SMARTS) is 1. The van der Waals surface area contributed by atoms with E-state index in [-0.39, 0.29) is 13.0 Å². The lowest BCUT2D eigenvalue weighted by Gasteiger charge is -2.13. The molecule has 0 fully saturated rings. The Kier molecular flexibility index (Phi) is 6.55. The van der Waals surface area contributed by atoms with Crippen LogP contribution in [-0.4, -0.2) is 39.9 Å². The summed E-state index contributed by atoms with van der Waals surface area (Å²) in [5.41, 5.74) is -0.173. The van der Waals surface area contributed by atoms with Crippen LogP contribution in [0, 0.1) is 0 Å². The minimum atomic E-state index is -1.63. The lowest BCUT2D eigenvalue weighted by molar-refractivity contribution is -0.130. The van der Waals surface area contributed by atoms with Gasteiger partial charge in [0.25, 0.3) is 0 Å². The largest absolute Gasteiger partial charge is 0.476 e. The lowest BCUT2D eigenvalue weighted by Crippen LogP contribution is -2.37. The van der Waals surface area contributed by atoms with Gasteiger partial charge in [0.1, 0.15) is 6.61 Å². The average Bonchev–Trinajstić information content (AvgIpc) is 2.46. The first-order valence-electron chi connectivity index (χ1n) is 6.39. The number of ether oxygens (including phenoxy) is 1.